The van der Waals surface area contributed by atoms with Crippen LogP contribution in [0.4, 0.5) is 4.39 Å². The van der Waals surface area contributed by atoms with Gasteiger partial charge in [-0.15, -0.1) is 0 Å². The molecule has 0 radical (unpaired) electrons. The lowest BCUT2D eigenvalue weighted by Crippen LogP contribution is -2.27. The molecule has 0 bridgehead atoms. The molecule has 5 rings (SSSR count). The van der Waals surface area contributed by atoms with Gasteiger partial charge in [-0.3, -0.25) is 4.79 Å². The average Bonchev–Trinajstić information content (AvgIpc) is 2.72. The monoisotopic (exact) mass is 370 g/mol. The van der Waals surface area contributed by atoms with Crippen molar-refractivity contribution in [3.05, 3.63) is 94.8 Å². The zero-order chi connectivity index (χ0) is 19.3. The summed E-state index contributed by atoms with van der Waals surface area (Å²) < 4.78 is 13.3. The van der Waals surface area contributed by atoms with Crippen LogP contribution >= 0.6 is 0 Å². The Bertz CT molecular complexity index is 1170. The Balaban J connectivity index is 1.72. The van der Waals surface area contributed by atoms with Crippen molar-refractivity contribution in [1.29, 1.82) is 0 Å². The highest BCUT2D eigenvalue weighted by atomic mass is 19.1. The molecule has 3 heteroatoms. The van der Waals surface area contributed by atoms with Gasteiger partial charge >= 0.3 is 0 Å². The summed E-state index contributed by atoms with van der Waals surface area (Å²) in [6.07, 6.45) is 6.55. The number of hydrogen-bond acceptors (Lipinski definition) is 2. The molecule has 1 unspecified atom stereocenters. The molecule has 0 saturated carbocycles. The first-order valence-electron chi connectivity index (χ1n) is 9.57. The fraction of sp³-hybridized carbons (Fsp3) is 0.160. The molecule has 1 atom stereocenters. The van der Waals surface area contributed by atoms with Crippen molar-refractivity contribution in [3.63, 3.8) is 0 Å². The Morgan fingerprint density at radius 2 is 1.86 bits per heavy atom. The van der Waals surface area contributed by atoms with Crippen molar-refractivity contribution >= 4 is 22.1 Å². The maximum absolute atomic E-state index is 13.7. The summed E-state index contributed by atoms with van der Waals surface area (Å²) in [6, 6.07) is 15.7. The maximum atomic E-state index is 13.7. The minimum Gasteiger partial charge on any atom is -0.507 e. The van der Waals surface area contributed by atoms with Gasteiger partial charge < -0.3 is 5.11 Å². The molecule has 0 amide bonds. The highest BCUT2D eigenvalue weighted by Crippen LogP contribution is 2.45. The highest BCUT2D eigenvalue weighted by Gasteiger charge is 2.35. The van der Waals surface area contributed by atoms with E-state index in [2.05, 4.69) is 12.2 Å². The smallest absolute Gasteiger partial charge is 0.171 e. The van der Waals surface area contributed by atoms with Crippen LogP contribution in [0, 0.1) is 11.7 Å². The van der Waals surface area contributed by atoms with Crippen molar-refractivity contribution in [2.45, 2.75) is 19.3 Å². The molecular formula is C25H19FO2. The van der Waals surface area contributed by atoms with E-state index in [1.54, 1.807) is 24.3 Å². The third kappa shape index (κ3) is 2.58. The number of allylic oxidation sites excluding steroid dienone is 4. The second-order valence-electron chi connectivity index (χ2n) is 7.49. The van der Waals surface area contributed by atoms with E-state index in [4.69, 9.17) is 0 Å². The lowest BCUT2D eigenvalue weighted by atomic mass is 9.71. The normalized spacial score (nSPS) is 18.3. The van der Waals surface area contributed by atoms with Gasteiger partial charge in [-0.05, 0) is 59.5 Å². The van der Waals surface area contributed by atoms with Gasteiger partial charge in [-0.25, -0.2) is 4.39 Å². The third-order valence-electron chi connectivity index (χ3n) is 5.86. The predicted octanol–water partition coefficient (Wildman–Crippen LogP) is 5.84. The standard InChI is InChI=1S/C25H19FO2/c26-17-11-8-15(9-12-17)14-21-19-6-2-1-5-18(19)20-13-10-16-4-3-7-22(27)23(16)24(20)25(21)28/h1,3-5,7-13,21,27H,2,6,14H2. The summed E-state index contributed by atoms with van der Waals surface area (Å²) in [7, 11) is 0. The first-order chi connectivity index (χ1) is 13.6. The molecular weight excluding hydrogens is 351 g/mol. The van der Waals surface area contributed by atoms with Crippen molar-refractivity contribution < 1.29 is 14.3 Å². The van der Waals surface area contributed by atoms with Crippen molar-refractivity contribution in [2.75, 3.05) is 0 Å². The second-order valence-corrected chi connectivity index (χ2v) is 7.49. The number of fused-ring (bicyclic) bond motifs is 4. The third-order valence-corrected chi connectivity index (χ3v) is 5.86. The summed E-state index contributed by atoms with van der Waals surface area (Å²) in [5, 5.41) is 12.0. The van der Waals surface area contributed by atoms with Crippen LogP contribution < -0.4 is 0 Å². The Hall–Kier alpha value is -3.20. The van der Waals surface area contributed by atoms with Crippen LogP contribution in [0.15, 0.2) is 72.3 Å². The summed E-state index contributed by atoms with van der Waals surface area (Å²) >= 11 is 0. The number of phenols is 1. The zero-order valence-corrected chi connectivity index (χ0v) is 15.3. The Morgan fingerprint density at radius 1 is 1.04 bits per heavy atom. The Labute approximate surface area is 162 Å². The van der Waals surface area contributed by atoms with E-state index in [0.29, 0.717) is 17.4 Å². The number of hydrogen-bond donors (Lipinski definition) is 1. The number of benzene rings is 3. The summed E-state index contributed by atoms with van der Waals surface area (Å²) in [6.45, 7) is 0. The summed E-state index contributed by atoms with van der Waals surface area (Å²) in [4.78, 5) is 13.7. The zero-order valence-electron chi connectivity index (χ0n) is 15.3. The van der Waals surface area contributed by atoms with Crippen molar-refractivity contribution in [3.8, 4) is 5.75 Å². The molecule has 3 aromatic carbocycles. The molecule has 0 aromatic heterocycles. The summed E-state index contributed by atoms with van der Waals surface area (Å²) in [5.74, 6) is -0.392. The molecule has 0 aliphatic heterocycles. The molecule has 28 heavy (non-hydrogen) atoms. The molecule has 0 heterocycles. The van der Waals surface area contributed by atoms with Crippen LogP contribution in [-0.4, -0.2) is 10.9 Å². The van der Waals surface area contributed by atoms with Gasteiger partial charge in [0, 0.05) is 16.9 Å². The quantitative estimate of drug-likeness (QED) is 0.615. The van der Waals surface area contributed by atoms with Crippen molar-refractivity contribution in [1.82, 2.24) is 0 Å². The van der Waals surface area contributed by atoms with E-state index in [1.807, 2.05) is 18.2 Å². The molecule has 3 aromatic rings. The van der Waals surface area contributed by atoms with Gasteiger partial charge in [0.15, 0.2) is 5.78 Å². The number of Topliss-reactive ketones (excluding diaryl/α,β-unsaturated/α-hetero) is 1. The molecule has 0 fully saturated rings. The molecule has 0 saturated heterocycles. The largest absolute Gasteiger partial charge is 0.507 e. The Morgan fingerprint density at radius 3 is 2.68 bits per heavy atom. The van der Waals surface area contributed by atoms with E-state index in [-0.39, 0.29) is 23.3 Å². The van der Waals surface area contributed by atoms with E-state index in [1.165, 1.54) is 12.1 Å². The minimum absolute atomic E-state index is 0.0421. The SMILES string of the molecule is O=C1c2c(ccc3cccc(O)c23)C2=C(CCC=C2)C1Cc1ccc(F)cc1. The van der Waals surface area contributed by atoms with Gasteiger partial charge in [-0.1, -0.05) is 54.1 Å². The second kappa shape index (κ2) is 6.45. The highest BCUT2D eigenvalue weighted by molar-refractivity contribution is 6.18. The number of carbonyl (C=O) groups excluding carboxylic acids is 1. The Kier molecular flexibility index (Phi) is 3.90. The fourth-order valence-electron chi connectivity index (χ4n) is 4.55. The number of ketones is 1. The molecule has 2 nitrogen and oxygen atoms in total. The molecule has 1 N–H and O–H groups in total. The van der Waals surface area contributed by atoms with E-state index >= 15 is 0 Å². The van der Waals surface area contributed by atoms with Gasteiger partial charge in [0.2, 0.25) is 0 Å². The summed E-state index contributed by atoms with van der Waals surface area (Å²) in [5.41, 5.74) is 4.69. The molecule has 0 spiro atoms. The van der Waals surface area contributed by atoms with Gasteiger partial charge in [0.1, 0.15) is 11.6 Å². The number of halogens is 1. The molecule has 2 aliphatic rings. The van der Waals surface area contributed by atoms with Crippen LogP contribution in [0.3, 0.4) is 0 Å². The van der Waals surface area contributed by atoms with Crippen LogP contribution in [0.1, 0.15) is 34.3 Å². The molecule has 2 aliphatic carbocycles. The number of carbonyl (C=O) groups is 1. The van der Waals surface area contributed by atoms with Crippen LogP contribution in [-0.2, 0) is 6.42 Å². The van der Waals surface area contributed by atoms with Gasteiger partial charge in [-0.2, -0.15) is 0 Å². The molecule has 138 valence electrons. The minimum atomic E-state index is -0.289. The average molecular weight is 370 g/mol. The van der Waals surface area contributed by atoms with E-state index in [0.717, 1.165) is 40.5 Å². The van der Waals surface area contributed by atoms with E-state index in [9.17, 15) is 14.3 Å². The number of rotatable bonds is 2. The van der Waals surface area contributed by atoms with Gasteiger partial charge in [0.05, 0.1) is 0 Å². The first kappa shape index (κ1) is 16.9. The van der Waals surface area contributed by atoms with Gasteiger partial charge in [0.25, 0.3) is 0 Å². The number of phenolic OH excluding ortho intramolecular Hbond substituents is 1. The predicted molar refractivity (Wildman–Crippen MR) is 109 cm³/mol. The van der Waals surface area contributed by atoms with E-state index < -0.39 is 0 Å². The number of aromatic hydroxyl groups is 1. The van der Waals surface area contributed by atoms with Crippen molar-refractivity contribution in [2.24, 2.45) is 5.92 Å². The fourth-order valence-corrected chi connectivity index (χ4v) is 4.55. The van der Waals surface area contributed by atoms with Crippen LogP contribution in [0.5, 0.6) is 5.75 Å². The lowest BCUT2D eigenvalue weighted by molar-refractivity contribution is 0.0936. The topological polar surface area (TPSA) is 37.3 Å². The van der Waals surface area contributed by atoms with Crippen LogP contribution in [0.25, 0.3) is 16.3 Å². The first-order valence-corrected chi connectivity index (χ1v) is 9.57. The maximum Gasteiger partial charge on any atom is 0.171 e. The lowest BCUT2D eigenvalue weighted by Gasteiger charge is -2.31. The van der Waals surface area contributed by atoms with Crippen LogP contribution in [0.2, 0.25) is 0 Å².